The summed E-state index contributed by atoms with van der Waals surface area (Å²) in [5.41, 5.74) is 3.56. The van der Waals surface area contributed by atoms with Crippen LogP contribution in [0.4, 0.5) is 0 Å². The number of imidazole rings is 1. The maximum atomic E-state index is 12.5. The Morgan fingerprint density at radius 1 is 1.44 bits per heavy atom. The van der Waals surface area contributed by atoms with Gasteiger partial charge in [0.2, 0.25) is 5.78 Å². The Labute approximate surface area is 155 Å². The quantitative estimate of drug-likeness (QED) is 0.608. The molecule has 0 saturated carbocycles. The first-order valence-electron chi connectivity index (χ1n) is 8.21. The van der Waals surface area contributed by atoms with Crippen molar-refractivity contribution in [1.29, 1.82) is 5.26 Å². The smallest absolute Gasteiger partial charge is 0.202 e. The van der Waals surface area contributed by atoms with Gasteiger partial charge in [-0.15, -0.1) is 0 Å². The minimum absolute atomic E-state index is 0.149. The van der Waals surface area contributed by atoms with Crippen molar-refractivity contribution in [3.8, 4) is 6.07 Å². The average Bonchev–Trinajstić information content (AvgIpc) is 3.06. The fraction of sp³-hybridized carbons (Fsp3) is 0.368. The molecule has 0 aliphatic heterocycles. The third-order valence-electron chi connectivity index (χ3n) is 4.53. The van der Waals surface area contributed by atoms with E-state index in [1.165, 1.54) is 11.8 Å². The molecule has 5 nitrogen and oxygen atoms in total. The number of allylic oxidation sites excluding steroid dienone is 2. The number of aromatic nitrogens is 3. The molecule has 0 fully saturated rings. The zero-order chi connectivity index (χ0) is 18.0. The van der Waals surface area contributed by atoms with Crippen molar-refractivity contribution in [1.82, 2.24) is 15.0 Å². The maximum Gasteiger partial charge on any atom is 0.202 e. The number of H-pyrrole nitrogens is 1. The third-order valence-corrected chi connectivity index (χ3v) is 4.97. The summed E-state index contributed by atoms with van der Waals surface area (Å²) < 4.78 is 0.759. The van der Waals surface area contributed by atoms with Crippen LogP contribution in [-0.2, 0) is 6.42 Å². The number of carbonyl (C=O) groups is 1. The highest BCUT2D eigenvalue weighted by molar-refractivity contribution is 9.10. The van der Waals surface area contributed by atoms with Crippen LogP contribution in [0.1, 0.15) is 60.7 Å². The van der Waals surface area contributed by atoms with Gasteiger partial charge in [0.25, 0.3) is 0 Å². The first kappa shape index (κ1) is 17.6. The zero-order valence-electron chi connectivity index (χ0n) is 14.3. The number of ketones is 1. The molecule has 0 aromatic carbocycles. The van der Waals surface area contributed by atoms with Gasteiger partial charge >= 0.3 is 0 Å². The van der Waals surface area contributed by atoms with Gasteiger partial charge in [-0.25, -0.2) is 9.97 Å². The van der Waals surface area contributed by atoms with Crippen LogP contribution in [0, 0.1) is 16.7 Å². The molecule has 6 heteroatoms. The van der Waals surface area contributed by atoms with E-state index in [0.29, 0.717) is 5.41 Å². The van der Waals surface area contributed by atoms with Gasteiger partial charge in [0.05, 0.1) is 11.9 Å². The van der Waals surface area contributed by atoms with E-state index in [1.54, 1.807) is 0 Å². The lowest BCUT2D eigenvalue weighted by molar-refractivity contribution is 0.0983. The number of pyridine rings is 1. The van der Waals surface area contributed by atoms with E-state index < -0.39 is 0 Å². The van der Waals surface area contributed by atoms with Crippen molar-refractivity contribution in [2.75, 3.05) is 0 Å². The first-order chi connectivity index (χ1) is 11.9. The summed E-state index contributed by atoms with van der Waals surface area (Å²) >= 11 is 3.43. The van der Waals surface area contributed by atoms with E-state index in [2.05, 4.69) is 50.8 Å². The van der Waals surface area contributed by atoms with E-state index in [1.807, 2.05) is 18.2 Å². The largest absolute Gasteiger partial charge is 0.327 e. The molecule has 0 saturated heterocycles. The molecule has 0 radical (unpaired) electrons. The molecule has 0 atom stereocenters. The molecule has 0 amide bonds. The van der Waals surface area contributed by atoms with Crippen LogP contribution >= 0.6 is 15.9 Å². The summed E-state index contributed by atoms with van der Waals surface area (Å²) in [6, 6.07) is 5.73. The van der Waals surface area contributed by atoms with E-state index in [0.717, 1.165) is 35.1 Å². The number of Topliss-reactive ketones (excluding diaryl/α,β-unsaturated/α-hetero) is 1. The van der Waals surface area contributed by atoms with Gasteiger partial charge < -0.3 is 4.98 Å². The van der Waals surface area contributed by atoms with E-state index in [4.69, 9.17) is 5.26 Å². The first-order valence-corrected chi connectivity index (χ1v) is 9.00. The van der Waals surface area contributed by atoms with Crippen LogP contribution in [0.5, 0.6) is 0 Å². The number of hydrogen-bond acceptors (Lipinski definition) is 4. The Bertz CT molecular complexity index is 889. The molecule has 3 rings (SSSR count). The lowest BCUT2D eigenvalue weighted by atomic mass is 9.77. The fourth-order valence-electron chi connectivity index (χ4n) is 2.95. The molecule has 25 heavy (non-hydrogen) atoms. The van der Waals surface area contributed by atoms with Crippen molar-refractivity contribution < 1.29 is 4.79 Å². The van der Waals surface area contributed by atoms with Gasteiger partial charge in [0.1, 0.15) is 16.4 Å². The van der Waals surface area contributed by atoms with Crippen molar-refractivity contribution in [3.63, 3.8) is 0 Å². The highest BCUT2D eigenvalue weighted by atomic mass is 79.9. The van der Waals surface area contributed by atoms with Crippen molar-refractivity contribution in [3.05, 3.63) is 51.8 Å². The zero-order valence-corrected chi connectivity index (χ0v) is 15.9. The number of nitriles is 1. The molecule has 128 valence electrons. The van der Waals surface area contributed by atoms with Gasteiger partial charge in [-0.2, -0.15) is 5.26 Å². The van der Waals surface area contributed by atoms with E-state index in [9.17, 15) is 4.79 Å². The third kappa shape index (κ3) is 4.05. The Morgan fingerprint density at radius 3 is 2.88 bits per heavy atom. The lowest BCUT2D eigenvalue weighted by Crippen LogP contribution is -2.15. The second-order valence-corrected chi connectivity index (χ2v) is 7.91. The number of carbonyl (C=O) groups excluding carboxylic acids is 1. The highest BCUT2D eigenvalue weighted by Crippen LogP contribution is 2.38. The van der Waals surface area contributed by atoms with Crippen LogP contribution in [0.2, 0.25) is 0 Å². The second kappa shape index (κ2) is 6.93. The predicted octanol–water partition coefficient (Wildman–Crippen LogP) is 4.46. The standard InChI is InChI=1S/C19H19BrN4O/c1-19(2)7-5-12(6-8-19)17-13(3-4-16(20)24-17)9-15(25)18-22-11-14(10-21)23-18/h3-5,11H,6-9H2,1-2H3,(H,22,23). The lowest BCUT2D eigenvalue weighted by Gasteiger charge is -2.29. The summed E-state index contributed by atoms with van der Waals surface area (Å²) in [5, 5.41) is 8.85. The molecule has 0 spiro atoms. The normalized spacial score (nSPS) is 16.2. The second-order valence-electron chi connectivity index (χ2n) is 7.10. The van der Waals surface area contributed by atoms with E-state index in [-0.39, 0.29) is 23.7 Å². The van der Waals surface area contributed by atoms with Gasteiger partial charge in [0, 0.05) is 6.42 Å². The van der Waals surface area contributed by atoms with Crippen molar-refractivity contribution in [2.45, 2.75) is 39.5 Å². The van der Waals surface area contributed by atoms with Gasteiger partial charge in [0.15, 0.2) is 5.82 Å². The summed E-state index contributed by atoms with van der Waals surface area (Å²) in [6.45, 7) is 4.53. The number of aromatic amines is 1. The highest BCUT2D eigenvalue weighted by Gasteiger charge is 2.24. The molecular formula is C19H19BrN4O. The number of halogens is 1. The Balaban J connectivity index is 1.88. The molecule has 2 heterocycles. The molecule has 2 aromatic rings. The summed E-state index contributed by atoms with van der Waals surface area (Å²) in [5.74, 6) is 0.0628. The Hall–Kier alpha value is -2.26. The fourth-order valence-corrected chi connectivity index (χ4v) is 3.26. The molecule has 1 aliphatic carbocycles. The van der Waals surface area contributed by atoms with Crippen LogP contribution in [-0.4, -0.2) is 20.7 Å². The number of rotatable bonds is 4. The van der Waals surface area contributed by atoms with Crippen LogP contribution in [0.15, 0.2) is 29.0 Å². The van der Waals surface area contributed by atoms with Crippen LogP contribution in [0.3, 0.4) is 0 Å². The predicted molar refractivity (Wildman–Crippen MR) is 98.9 cm³/mol. The van der Waals surface area contributed by atoms with Crippen molar-refractivity contribution >= 4 is 27.3 Å². The summed E-state index contributed by atoms with van der Waals surface area (Å²) in [4.78, 5) is 23.9. The summed E-state index contributed by atoms with van der Waals surface area (Å²) in [7, 11) is 0. The SMILES string of the molecule is CC1(C)CC=C(c2nc(Br)ccc2CC(=O)c2ncc(C#N)[nH]2)CC1. The minimum atomic E-state index is -0.149. The molecule has 0 unspecified atom stereocenters. The molecule has 0 bridgehead atoms. The number of nitrogens with one attached hydrogen (secondary N) is 1. The average molecular weight is 399 g/mol. The van der Waals surface area contributed by atoms with E-state index >= 15 is 0 Å². The van der Waals surface area contributed by atoms with Gasteiger partial charge in [-0.1, -0.05) is 26.0 Å². The maximum absolute atomic E-state index is 12.5. The number of nitrogens with zero attached hydrogens (tertiary/aromatic N) is 3. The van der Waals surface area contributed by atoms with Gasteiger partial charge in [-0.05, 0) is 57.8 Å². The van der Waals surface area contributed by atoms with Gasteiger partial charge in [-0.3, -0.25) is 4.79 Å². The number of hydrogen-bond donors (Lipinski definition) is 1. The Morgan fingerprint density at radius 2 is 2.24 bits per heavy atom. The summed E-state index contributed by atoms with van der Waals surface area (Å²) in [6.07, 6.45) is 6.89. The topological polar surface area (TPSA) is 82.4 Å². The molecule has 1 aliphatic rings. The minimum Gasteiger partial charge on any atom is -0.327 e. The monoisotopic (exact) mass is 398 g/mol. The Kier molecular flexibility index (Phi) is 4.87. The molecular weight excluding hydrogens is 380 g/mol. The van der Waals surface area contributed by atoms with Crippen LogP contribution in [0.25, 0.3) is 5.57 Å². The van der Waals surface area contributed by atoms with Crippen molar-refractivity contribution in [2.24, 2.45) is 5.41 Å². The molecule has 1 N–H and O–H groups in total. The molecule has 2 aromatic heterocycles. The van der Waals surface area contributed by atoms with Crippen LogP contribution < -0.4 is 0 Å².